The van der Waals surface area contributed by atoms with Gasteiger partial charge in [-0.3, -0.25) is 14.9 Å². The van der Waals surface area contributed by atoms with Crippen molar-refractivity contribution in [1.29, 1.82) is 0 Å². The van der Waals surface area contributed by atoms with Crippen LogP contribution in [0.5, 0.6) is 0 Å². The zero-order valence-corrected chi connectivity index (χ0v) is 22.5. The minimum atomic E-state index is -1.25. The molecule has 0 bridgehead atoms. The zero-order valence-electron chi connectivity index (χ0n) is 20.9. The van der Waals surface area contributed by atoms with Gasteiger partial charge >= 0.3 is 5.43 Å². The number of ether oxygens (including phenoxy) is 1. The molecule has 2 aromatic carbocycles. The minimum Gasteiger partial charge on any atom is -0.453 e. The van der Waals surface area contributed by atoms with E-state index in [0.29, 0.717) is 28.2 Å². The SMILES string of the molecule is CC(C)(NC(=O)c1ccc(F)cc1)C(=O)Nc1nc(-c2ccccc2)c(CO)s1.CC(C)COC(=O)Cl. The van der Waals surface area contributed by atoms with Crippen molar-refractivity contribution in [3.63, 3.8) is 0 Å². The number of hydrogen-bond donors (Lipinski definition) is 3. The molecule has 0 aliphatic carbocycles. The average Bonchev–Trinajstić information content (AvgIpc) is 3.26. The van der Waals surface area contributed by atoms with Gasteiger partial charge in [0, 0.05) is 22.7 Å². The second-order valence-corrected chi connectivity index (χ2v) is 10.2. The fourth-order valence-electron chi connectivity index (χ4n) is 2.83. The molecular formula is C26H29ClFN3O5S. The third kappa shape index (κ3) is 9.56. The van der Waals surface area contributed by atoms with Gasteiger partial charge in [0.15, 0.2) is 5.13 Å². The molecule has 198 valence electrons. The van der Waals surface area contributed by atoms with E-state index < -0.39 is 28.6 Å². The number of thiazole rings is 1. The molecule has 2 amide bonds. The van der Waals surface area contributed by atoms with Gasteiger partial charge in [0.05, 0.1) is 23.8 Å². The number of benzene rings is 2. The quantitative estimate of drug-likeness (QED) is 0.314. The number of halogens is 2. The highest BCUT2D eigenvalue weighted by molar-refractivity contribution is 7.16. The molecule has 37 heavy (non-hydrogen) atoms. The van der Waals surface area contributed by atoms with Crippen LogP contribution in [0.3, 0.4) is 0 Å². The predicted molar refractivity (Wildman–Crippen MR) is 142 cm³/mol. The van der Waals surface area contributed by atoms with E-state index in [1.165, 1.54) is 35.6 Å². The Labute approximate surface area is 223 Å². The third-order valence-corrected chi connectivity index (χ3v) is 5.80. The van der Waals surface area contributed by atoms with Gasteiger partial charge in [-0.2, -0.15) is 0 Å². The van der Waals surface area contributed by atoms with Gasteiger partial charge in [-0.1, -0.05) is 55.5 Å². The highest BCUT2D eigenvalue weighted by atomic mass is 35.5. The highest BCUT2D eigenvalue weighted by Gasteiger charge is 2.31. The van der Waals surface area contributed by atoms with Crippen molar-refractivity contribution in [2.75, 3.05) is 11.9 Å². The number of rotatable bonds is 8. The molecule has 8 nitrogen and oxygen atoms in total. The summed E-state index contributed by atoms with van der Waals surface area (Å²) in [4.78, 5) is 40.0. The molecule has 1 heterocycles. The molecule has 3 rings (SSSR count). The van der Waals surface area contributed by atoms with Gasteiger partial charge in [-0.05, 0) is 44.0 Å². The van der Waals surface area contributed by atoms with Crippen molar-refractivity contribution in [3.8, 4) is 11.3 Å². The van der Waals surface area contributed by atoms with Gasteiger partial charge < -0.3 is 15.2 Å². The smallest absolute Gasteiger partial charge is 0.403 e. The summed E-state index contributed by atoms with van der Waals surface area (Å²) in [6.07, 6.45) is 0. The maximum atomic E-state index is 13.0. The standard InChI is InChI=1S/C21H20FN3O3S.C5H9ClO2/c1-21(2,25-18(27)14-8-10-15(22)11-9-14)19(28)24-20-23-17(16(12-26)29-20)13-6-4-3-5-7-13;1-4(2)3-8-5(6)7/h3-11,26H,12H2,1-2H3,(H,25,27)(H,23,24,28);4H,3H2,1-2H3. The van der Waals surface area contributed by atoms with Gasteiger partial charge in [0.25, 0.3) is 11.8 Å². The van der Waals surface area contributed by atoms with Gasteiger partial charge in [0.2, 0.25) is 0 Å². The van der Waals surface area contributed by atoms with Crippen LogP contribution in [0.1, 0.15) is 42.9 Å². The van der Waals surface area contributed by atoms with Gasteiger partial charge in [-0.25, -0.2) is 14.2 Å². The molecule has 0 atom stereocenters. The van der Waals surface area contributed by atoms with Crippen molar-refractivity contribution in [2.45, 2.75) is 39.8 Å². The summed E-state index contributed by atoms with van der Waals surface area (Å²) in [5.41, 5.74) is -0.295. The maximum Gasteiger partial charge on any atom is 0.403 e. The third-order valence-electron chi connectivity index (χ3n) is 4.74. The molecule has 0 fully saturated rings. The normalized spacial score (nSPS) is 10.8. The van der Waals surface area contributed by atoms with E-state index in [0.717, 1.165) is 5.56 Å². The average molecular weight is 550 g/mol. The predicted octanol–water partition coefficient (Wildman–Crippen LogP) is 5.61. The van der Waals surface area contributed by atoms with E-state index >= 15 is 0 Å². The molecule has 1 aromatic heterocycles. The number of amides is 2. The first-order valence-corrected chi connectivity index (χ1v) is 12.5. The lowest BCUT2D eigenvalue weighted by Gasteiger charge is -2.24. The summed E-state index contributed by atoms with van der Waals surface area (Å²) >= 11 is 6.03. The lowest BCUT2D eigenvalue weighted by molar-refractivity contribution is -0.120. The topological polar surface area (TPSA) is 118 Å². The number of nitrogens with one attached hydrogen (secondary N) is 2. The largest absolute Gasteiger partial charge is 0.453 e. The Balaban J connectivity index is 0.000000521. The van der Waals surface area contributed by atoms with Crippen LogP contribution in [0, 0.1) is 11.7 Å². The molecule has 0 aliphatic heterocycles. The molecule has 0 saturated carbocycles. The number of nitrogens with zero attached hydrogens (tertiary/aromatic N) is 1. The zero-order chi connectivity index (χ0) is 27.6. The number of aromatic nitrogens is 1. The number of hydrogen-bond acceptors (Lipinski definition) is 7. The molecule has 0 radical (unpaired) electrons. The Hall–Kier alpha value is -3.34. The van der Waals surface area contributed by atoms with E-state index in [2.05, 4.69) is 20.4 Å². The first kappa shape index (κ1) is 29.9. The number of aliphatic hydroxyl groups excluding tert-OH is 1. The van der Waals surface area contributed by atoms with Crippen molar-refractivity contribution in [1.82, 2.24) is 10.3 Å². The molecule has 3 aromatic rings. The molecule has 0 spiro atoms. The summed E-state index contributed by atoms with van der Waals surface area (Å²) in [6.45, 7) is 7.20. The summed E-state index contributed by atoms with van der Waals surface area (Å²) in [6, 6.07) is 14.4. The summed E-state index contributed by atoms with van der Waals surface area (Å²) in [7, 11) is 0. The maximum absolute atomic E-state index is 13.0. The summed E-state index contributed by atoms with van der Waals surface area (Å²) < 4.78 is 17.5. The van der Waals surface area contributed by atoms with Crippen molar-refractivity contribution in [3.05, 3.63) is 70.9 Å². The van der Waals surface area contributed by atoms with Crippen LogP contribution in [0.2, 0.25) is 0 Å². The fraction of sp³-hybridized carbons (Fsp3) is 0.308. The lowest BCUT2D eigenvalue weighted by atomic mass is 10.0. The van der Waals surface area contributed by atoms with Crippen molar-refractivity contribution in [2.24, 2.45) is 5.92 Å². The fourth-order valence-corrected chi connectivity index (χ4v) is 3.74. The van der Waals surface area contributed by atoms with E-state index in [4.69, 9.17) is 11.6 Å². The van der Waals surface area contributed by atoms with Crippen molar-refractivity contribution >= 4 is 45.3 Å². The van der Waals surface area contributed by atoms with Gasteiger partial charge in [-0.15, -0.1) is 0 Å². The van der Waals surface area contributed by atoms with E-state index in [1.807, 2.05) is 44.2 Å². The molecule has 0 unspecified atom stereocenters. The Kier molecular flexibility index (Phi) is 11.2. The number of carbonyl (C=O) groups excluding carboxylic acids is 3. The Morgan fingerprint density at radius 2 is 1.73 bits per heavy atom. The Morgan fingerprint density at radius 1 is 1.11 bits per heavy atom. The number of anilines is 1. The molecule has 3 N–H and O–H groups in total. The second-order valence-electron chi connectivity index (χ2n) is 8.80. The minimum absolute atomic E-state index is 0.206. The summed E-state index contributed by atoms with van der Waals surface area (Å²) in [5.74, 6) is -1.05. The van der Waals surface area contributed by atoms with Crippen LogP contribution in [-0.2, 0) is 16.1 Å². The van der Waals surface area contributed by atoms with E-state index in [-0.39, 0.29) is 12.2 Å². The highest BCUT2D eigenvalue weighted by Crippen LogP contribution is 2.31. The van der Waals surface area contributed by atoms with Crippen molar-refractivity contribution < 1.29 is 28.6 Å². The van der Waals surface area contributed by atoms with Crippen LogP contribution in [-0.4, -0.2) is 39.5 Å². The number of carbonyl (C=O) groups is 3. The first-order chi connectivity index (χ1) is 17.4. The van der Waals surface area contributed by atoms with Crippen LogP contribution < -0.4 is 10.6 Å². The lowest BCUT2D eigenvalue weighted by Crippen LogP contribution is -2.52. The van der Waals surface area contributed by atoms with E-state index in [9.17, 15) is 23.9 Å². The van der Waals surface area contributed by atoms with Crippen LogP contribution in [0.25, 0.3) is 11.3 Å². The molecule has 11 heteroatoms. The van der Waals surface area contributed by atoms with Crippen LogP contribution >= 0.6 is 22.9 Å². The number of aliphatic hydroxyl groups is 1. The van der Waals surface area contributed by atoms with Crippen LogP contribution in [0.15, 0.2) is 54.6 Å². The summed E-state index contributed by atoms with van der Waals surface area (Å²) in [5, 5.41) is 15.3. The first-order valence-electron chi connectivity index (χ1n) is 11.3. The molecule has 0 saturated heterocycles. The second kappa shape index (κ2) is 13.8. The monoisotopic (exact) mass is 549 g/mol. The Morgan fingerprint density at radius 3 is 2.24 bits per heavy atom. The molecular weight excluding hydrogens is 521 g/mol. The van der Waals surface area contributed by atoms with Crippen LogP contribution in [0.4, 0.5) is 14.3 Å². The van der Waals surface area contributed by atoms with Gasteiger partial charge in [0.1, 0.15) is 11.4 Å². The van der Waals surface area contributed by atoms with E-state index in [1.54, 1.807) is 13.8 Å². The Bertz CT molecular complexity index is 1200. The molecule has 0 aliphatic rings.